The molecular formula is C10H17N3O3. The van der Waals surface area contributed by atoms with E-state index in [2.05, 4.69) is 10.6 Å². The summed E-state index contributed by atoms with van der Waals surface area (Å²) in [4.78, 5) is 35.5. The Bertz CT molecular complexity index is 314. The van der Waals surface area contributed by atoms with Gasteiger partial charge in [0, 0.05) is 27.1 Å². The van der Waals surface area contributed by atoms with Gasteiger partial charge in [0.05, 0.1) is 5.92 Å². The fraction of sp³-hybridized carbons (Fsp3) is 0.700. The van der Waals surface area contributed by atoms with E-state index in [9.17, 15) is 14.4 Å². The molecule has 90 valence electrons. The molecule has 0 aromatic carbocycles. The first kappa shape index (κ1) is 12.5. The van der Waals surface area contributed by atoms with Crippen molar-refractivity contribution in [3.8, 4) is 0 Å². The molecule has 0 aromatic rings. The van der Waals surface area contributed by atoms with Gasteiger partial charge < -0.3 is 15.5 Å². The van der Waals surface area contributed by atoms with Crippen molar-refractivity contribution in [1.82, 2.24) is 15.5 Å². The van der Waals surface area contributed by atoms with Crippen LogP contribution in [0.4, 0.5) is 0 Å². The van der Waals surface area contributed by atoms with Gasteiger partial charge in [-0.2, -0.15) is 0 Å². The van der Waals surface area contributed by atoms with Crippen molar-refractivity contribution < 1.29 is 14.4 Å². The highest BCUT2D eigenvalue weighted by molar-refractivity contribution is 5.92. The number of likely N-dealkylation sites (N-methyl/N-ethyl adjacent to an activating group) is 1. The van der Waals surface area contributed by atoms with Gasteiger partial charge in [-0.15, -0.1) is 0 Å². The molecule has 2 unspecified atom stereocenters. The molecule has 0 aromatic heterocycles. The zero-order valence-electron chi connectivity index (χ0n) is 9.74. The van der Waals surface area contributed by atoms with Crippen LogP contribution in [0.25, 0.3) is 0 Å². The molecule has 16 heavy (non-hydrogen) atoms. The van der Waals surface area contributed by atoms with Crippen LogP contribution >= 0.6 is 0 Å². The maximum Gasteiger partial charge on any atom is 0.244 e. The van der Waals surface area contributed by atoms with Crippen molar-refractivity contribution >= 4 is 17.7 Å². The Morgan fingerprint density at radius 2 is 2.12 bits per heavy atom. The van der Waals surface area contributed by atoms with Crippen LogP contribution in [0.5, 0.6) is 0 Å². The summed E-state index contributed by atoms with van der Waals surface area (Å²) in [6.45, 7) is 1.98. The van der Waals surface area contributed by atoms with Crippen molar-refractivity contribution in [2.45, 2.75) is 19.4 Å². The summed E-state index contributed by atoms with van der Waals surface area (Å²) in [5.41, 5.74) is 0. The summed E-state index contributed by atoms with van der Waals surface area (Å²) in [7, 11) is 3.26. The van der Waals surface area contributed by atoms with Crippen LogP contribution in [0.15, 0.2) is 0 Å². The number of nitrogens with zero attached hydrogens (tertiary/aromatic N) is 1. The highest BCUT2D eigenvalue weighted by Crippen LogP contribution is 2.09. The zero-order chi connectivity index (χ0) is 12.3. The SMILES string of the molecule is CC(NC(=O)C1CNC(=O)C1)C(=O)N(C)C. The molecular weight excluding hydrogens is 210 g/mol. The molecule has 0 aliphatic carbocycles. The predicted molar refractivity (Wildman–Crippen MR) is 57.4 cm³/mol. The lowest BCUT2D eigenvalue weighted by Gasteiger charge is -2.19. The van der Waals surface area contributed by atoms with E-state index in [1.54, 1.807) is 21.0 Å². The summed E-state index contributed by atoms with van der Waals surface area (Å²) < 4.78 is 0. The lowest BCUT2D eigenvalue weighted by Crippen LogP contribution is -2.46. The predicted octanol–water partition coefficient (Wildman–Crippen LogP) is -1.28. The molecule has 2 atom stereocenters. The molecule has 1 aliphatic heterocycles. The summed E-state index contributed by atoms with van der Waals surface area (Å²) in [5.74, 6) is -0.886. The second-order valence-corrected chi connectivity index (χ2v) is 4.17. The Morgan fingerprint density at radius 3 is 2.56 bits per heavy atom. The quantitative estimate of drug-likeness (QED) is 0.630. The Hall–Kier alpha value is -1.59. The maximum absolute atomic E-state index is 11.7. The van der Waals surface area contributed by atoms with Gasteiger partial charge in [0.2, 0.25) is 17.7 Å². The molecule has 3 amide bonds. The summed E-state index contributed by atoms with van der Waals surface area (Å²) in [6, 6.07) is -0.557. The number of rotatable bonds is 3. The van der Waals surface area contributed by atoms with E-state index in [1.165, 1.54) is 4.90 Å². The summed E-state index contributed by atoms with van der Waals surface area (Å²) >= 11 is 0. The molecule has 1 heterocycles. The lowest BCUT2D eigenvalue weighted by atomic mass is 10.1. The largest absolute Gasteiger partial charge is 0.355 e. The van der Waals surface area contributed by atoms with Crippen molar-refractivity contribution in [3.05, 3.63) is 0 Å². The van der Waals surface area contributed by atoms with E-state index in [1.807, 2.05) is 0 Å². The van der Waals surface area contributed by atoms with Crippen molar-refractivity contribution in [3.63, 3.8) is 0 Å². The molecule has 1 fully saturated rings. The average Bonchev–Trinajstić information content (AvgIpc) is 2.63. The normalized spacial score (nSPS) is 21.2. The van der Waals surface area contributed by atoms with Crippen molar-refractivity contribution in [1.29, 1.82) is 0 Å². The van der Waals surface area contributed by atoms with Crippen LogP contribution in [0.3, 0.4) is 0 Å². The van der Waals surface area contributed by atoms with Gasteiger partial charge in [0.15, 0.2) is 0 Å². The molecule has 1 rings (SSSR count). The Kier molecular flexibility index (Phi) is 3.87. The van der Waals surface area contributed by atoms with Gasteiger partial charge in [0.1, 0.15) is 6.04 Å². The van der Waals surface area contributed by atoms with Crippen molar-refractivity contribution in [2.75, 3.05) is 20.6 Å². The molecule has 0 saturated carbocycles. The van der Waals surface area contributed by atoms with Gasteiger partial charge in [-0.05, 0) is 6.92 Å². The zero-order valence-corrected chi connectivity index (χ0v) is 9.74. The Labute approximate surface area is 94.4 Å². The first-order valence-corrected chi connectivity index (χ1v) is 5.20. The Balaban J connectivity index is 2.45. The number of hydrogen-bond donors (Lipinski definition) is 2. The maximum atomic E-state index is 11.7. The molecule has 6 nitrogen and oxygen atoms in total. The van der Waals surface area contributed by atoms with Crippen LogP contribution in [0, 0.1) is 5.92 Å². The van der Waals surface area contributed by atoms with E-state index >= 15 is 0 Å². The van der Waals surface area contributed by atoms with E-state index in [4.69, 9.17) is 0 Å². The fourth-order valence-corrected chi connectivity index (χ4v) is 1.57. The van der Waals surface area contributed by atoms with Crippen LogP contribution in [0.1, 0.15) is 13.3 Å². The standard InChI is InChI=1S/C10H17N3O3/c1-6(10(16)13(2)3)12-9(15)7-4-8(14)11-5-7/h6-7H,4-5H2,1-3H3,(H,11,14)(H,12,15). The number of carbonyl (C=O) groups excluding carboxylic acids is 3. The molecule has 1 saturated heterocycles. The minimum atomic E-state index is -0.557. The van der Waals surface area contributed by atoms with Crippen LogP contribution < -0.4 is 10.6 Å². The van der Waals surface area contributed by atoms with Gasteiger partial charge in [-0.1, -0.05) is 0 Å². The van der Waals surface area contributed by atoms with Crippen LogP contribution in [-0.2, 0) is 14.4 Å². The summed E-state index contributed by atoms with van der Waals surface area (Å²) in [5, 5.41) is 5.18. The molecule has 0 spiro atoms. The average molecular weight is 227 g/mol. The van der Waals surface area contributed by atoms with Crippen LogP contribution in [0.2, 0.25) is 0 Å². The fourth-order valence-electron chi connectivity index (χ4n) is 1.57. The highest BCUT2D eigenvalue weighted by atomic mass is 16.2. The molecule has 6 heteroatoms. The number of nitrogens with one attached hydrogen (secondary N) is 2. The minimum absolute atomic E-state index is 0.119. The second kappa shape index (κ2) is 4.96. The van der Waals surface area contributed by atoms with Crippen molar-refractivity contribution in [2.24, 2.45) is 5.92 Å². The van der Waals surface area contributed by atoms with Gasteiger partial charge in [0.25, 0.3) is 0 Å². The second-order valence-electron chi connectivity index (χ2n) is 4.17. The van der Waals surface area contributed by atoms with Gasteiger partial charge in [-0.25, -0.2) is 0 Å². The number of amides is 3. The smallest absolute Gasteiger partial charge is 0.244 e. The third-order valence-electron chi connectivity index (χ3n) is 2.52. The number of carbonyl (C=O) groups is 3. The topological polar surface area (TPSA) is 78.5 Å². The number of hydrogen-bond acceptors (Lipinski definition) is 3. The lowest BCUT2D eigenvalue weighted by molar-refractivity contribution is -0.135. The monoisotopic (exact) mass is 227 g/mol. The van der Waals surface area contributed by atoms with E-state index in [0.717, 1.165) is 0 Å². The minimum Gasteiger partial charge on any atom is -0.355 e. The highest BCUT2D eigenvalue weighted by Gasteiger charge is 2.29. The van der Waals surface area contributed by atoms with Gasteiger partial charge in [-0.3, -0.25) is 14.4 Å². The molecule has 0 bridgehead atoms. The van der Waals surface area contributed by atoms with E-state index in [-0.39, 0.29) is 30.1 Å². The molecule has 2 N–H and O–H groups in total. The van der Waals surface area contributed by atoms with Gasteiger partial charge >= 0.3 is 0 Å². The first-order valence-electron chi connectivity index (χ1n) is 5.20. The first-order chi connectivity index (χ1) is 7.41. The molecule has 0 radical (unpaired) electrons. The van der Waals surface area contributed by atoms with E-state index in [0.29, 0.717) is 6.54 Å². The summed E-state index contributed by atoms with van der Waals surface area (Å²) in [6.07, 6.45) is 0.203. The third kappa shape index (κ3) is 2.95. The third-order valence-corrected chi connectivity index (χ3v) is 2.52. The Morgan fingerprint density at radius 1 is 1.50 bits per heavy atom. The van der Waals surface area contributed by atoms with Crippen LogP contribution in [-0.4, -0.2) is 49.3 Å². The molecule has 1 aliphatic rings. The van der Waals surface area contributed by atoms with E-state index < -0.39 is 6.04 Å².